The van der Waals surface area contributed by atoms with Crippen LogP contribution in [0, 0.1) is 0 Å². The molecule has 1 amide bonds. The van der Waals surface area contributed by atoms with Crippen LogP contribution in [0.3, 0.4) is 0 Å². The lowest BCUT2D eigenvalue weighted by molar-refractivity contribution is -0.121. The first-order chi connectivity index (χ1) is 7.67. The van der Waals surface area contributed by atoms with Gasteiger partial charge in [0.15, 0.2) is 0 Å². The van der Waals surface area contributed by atoms with E-state index in [2.05, 4.69) is 17.6 Å². The zero-order valence-electron chi connectivity index (χ0n) is 10.6. The van der Waals surface area contributed by atoms with E-state index in [-0.39, 0.29) is 11.9 Å². The van der Waals surface area contributed by atoms with Crippen LogP contribution in [0.4, 0.5) is 0 Å². The normalized spacial score (nSPS) is 27.4. The molecule has 3 unspecified atom stereocenters. The number of carbonyl (C=O) groups excluding carboxylic acids is 1. The monoisotopic (exact) mass is 228 g/mol. The Morgan fingerprint density at radius 2 is 2.12 bits per heavy atom. The maximum atomic E-state index is 11.2. The van der Waals surface area contributed by atoms with Crippen molar-refractivity contribution in [2.24, 2.45) is 0 Å². The van der Waals surface area contributed by atoms with Crippen molar-refractivity contribution >= 4 is 5.91 Å². The molecule has 0 heterocycles. The van der Waals surface area contributed by atoms with Crippen LogP contribution < -0.4 is 10.6 Å². The Morgan fingerprint density at radius 3 is 2.75 bits per heavy atom. The first-order valence-electron chi connectivity index (χ1n) is 6.16. The summed E-state index contributed by atoms with van der Waals surface area (Å²) in [5.41, 5.74) is 0. The fourth-order valence-corrected chi connectivity index (χ4v) is 2.37. The number of ether oxygens (including phenoxy) is 1. The van der Waals surface area contributed by atoms with Gasteiger partial charge in [-0.3, -0.25) is 4.79 Å². The van der Waals surface area contributed by atoms with Crippen LogP contribution in [-0.4, -0.2) is 38.3 Å². The Kier molecular flexibility index (Phi) is 5.77. The lowest BCUT2D eigenvalue weighted by Gasteiger charge is -2.33. The topological polar surface area (TPSA) is 50.4 Å². The summed E-state index contributed by atoms with van der Waals surface area (Å²) >= 11 is 0. The van der Waals surface area contributed by atoms with E-state index in [0.717, 1.165) is 12.8 Å². The number of methoxy groups -OCH3 is 1. The van der Waals surface area contributed by atoms with Crippen molar-refractivity contribution in [3.8, 4) is 0 Å². The van der Waals surface area contributed by atoms with Crippen LogP contribution in [0.1, 0.15) is 39.0 Å². The molecule has 0 radical (unpaired) electrons. The second-order valence-electron chi connectivity index (χ2n) is 4.61. The SMILES string of the molecule is CNC(=O)CC(C)NC1CCCCC1OC. The minimum absolute atomic E-state index is 0.0878. The minimum Gasteiger partial charge on any atom is -0.380 e. The highest BCUT2D eigenvalue weighted by Gasteiger charge is 2.26. The van der Waals surface area contributed by atoms with Gasteiger partial charge in [0, 0.05) is 32.7 Å². The van der Waals surface area contributed by atoms with Crippen molar-refractivity contribution in [2.75, 3.05) is 14.2 Å². The molecule has 0 bridgehead atoms. The molecule has 2 N–H and O–H groups in total. The highest BCUT2D eigenvalue weighted by atomic mass is 16.5. The van der Waals surface area contributed by atoms with E-state index >= 15 is 0 Å². The third-order valence-electron chi connectivity index (χ3n) is 3.27. The van der Waals surface area contributed by atoms with E-state index in [0.29, 0.717) is 18.6 Å². The molecule has 0 saturated heterocycles. The maximum absolute atomic E-state index is 11.2. The van der Waals surface area contributed by atoms with Crippen LogP contribution in [0.25, 0.3) is 0 Å². The van der Waals surface area contributed by atoms with Crippen molar-refractivity contribution in [1.29, 1.82) is 0 Å². The number of hydrogen-bond donors (Lipinski definition) is 2. The predicted molar refractivity (Wildman–Crippen MR) is 64.3 cm³/mol. The van der Waals surface area contributed by atoms with Crippen LogP contribution in [0.15, 0.2) is 0 Å². The van der Waals surface area contributed by atoms with Gasteiger partial charge < -0.3 is 15.4 Å². The average molecular weight is 228 g/mol. The Bertz CT molecular complexity index is 221. The van der Waals surface area contributed by atoms with Gasteiger partial charge in [-0.05, 0) is 19.8 Å². The summed E-state index contributed by atoms with van der Waals surface area (Å²) in [4.78, 5) is 11.2. The molecule has 0 aromatic rings. The van der Waals surface area contributed by atoms with Crippen LogP contribution >= 0.6 is 0 Å². The van der Waals surface area contributed by atoms with Gasteiger partial charge >= 0.3 is 0 Å². The minimum atomic E-state index is 0.0878. The Morgan fingerprint density at radius 1 is 1.44 bits per heavy atom. The molecule has 1 aliphatic rings. The summed E-state index contributed by atoms with van der Waals surface area (Å²) < 4.78 is 5.47. The van der Waals surface area contributed by atoms with E-state index in [9.17, 15) is 4.79 Å². The molecule has 4 heteroatoms. The smallest absolute Gasteiger partial charge is 0.221 e. The van der Waals surface area contributed by atoms with Crippen molar-refractivity contribution in [2.45, 2.75) is 57.2 Å². The van der Waals surface area contributed by atoms with Gasteiger partial charge in [-0.2, -0.15) is 0 Å². The van der Waals surface area contributed by atoms with Gasteiger partial charge in [0.05, 0.1) is 6.10 Å². The molecule has 1 saturated carbocycles. The summed E-state index contributed by atoms with van der Waals surface area (Å²) in [6.07, 6.45) is 5.62. The molecular weight excluding hydrogens is 204 g/mol. The fraction of sp³-hybridized carbons (Fsp3) is 0.917. The molecule has 3 atom stereocenters. The molecule has 0 aliphatic heterocycles. The molecule has 0 aromatic heterocycles. The van der Waals surface area contributed by atoms with Crippen LogP contribution in [-0.2, 0) is 9.53 Å². The molecule has 1 aliphatic carbocycles. The molecule has 1 fully saturated rings. The van der Waals surface area contributed by atoms with Gasteiger partial charge in [-0.15, -0.1) is 0 Å². The molecule has 0 spiro atoms. The molecule has 1 rings (SSSR count). The average Bonchev–Trinajstić information content (AvgIpc) is 2.29. The van der Waals surface area contributed by atoms with Crippen molar-refractivity contribution in [3.05, 3.63) is 0 Å². The first-order valence-corrected chi connectivity index (χ1v) is 6.16. The highest BCUT2D eigenvalue weighted by Crippen LogP contribution is 2.21. The number of carbonyl (C=O) groups is 1. The predicted octanol–water partition coefficient (Wildman–Crippen LogP) is 1.06. The third kappa shape index (κ3) is 4.10. The first kappa shape index (κ1) is 13.5. The van der Waals surface area contributed by atoms with E-state index in [1.807, 2.05) is 0 Å². The zero-order chi connectivity index (χ0) is 12.0. The standard InChI is InChI=1S/C12H24N2O2/c1-9(8-12(15)13-2)14-10-6-4-5-7-11(10)16-3/h9-11,14H,4-8H2,1-3H3,(H,13,15). The van der Waals surface area contributed by atoms with Gasteiger partial charge in [-0.25, -0.2) is 0 Å². The van der Waals surface area contributed by atoms with Gasteiger partial charge in [0.2, 0.25) is 5.91 Å². The second kappa shape index (κ2) is 6.86. The van der Waals surface area contributed by atoms with Crippen molar-refractivity contribution in [3.63, 3.8) is 0 Å². The Labute approximate surface area is 98.1 Å². The number of amides is 1. The van der Waals surface area contributed by atoms with Crippen molar-refractivity contribution in [1.82, 2.24) is 10.6 Å². The molecule has 94 valence electrons. The van der Waals surface area contributed by atoms with Gasteiger partial charge in [0.25, 0.3) is 0 Å². The lowest BCUT2D eigenvalue weighted by atomic mass is 9.91. The van der Waals surface area contributed by atoms with E-state index in [1.165, 1.54) is 12.8 Å². The van der Waals surface area contributed by atoms with Crippen LogP contribution in [0.5, 0.6) is 0 Å². The summed E-state index contributed by atoms with van der Waals surface area (Å²) in [5, 5.41) is 6.15. The largest absolute Gasteiger partial charge is 0.380 e. The quantitative estimate of drug-likeness (QED) is 0.739. The molecule has 4 nitrogen and oxygen atoms in total. The van der Waals surface area contributed by atoms with Gasteiger partial charge in [-0.1, -0.05) is 12.8 Å². The summed E-state index contributed by atoms with van der Waals surface area (Å²) in [5.74, 6) is 0.0878. The number of nitrogens with one attached hydrogen (secondary N) is 2. The fourth-order valence-electron chi connectivity index (χ4n) is 2.37. The molecular formula is C12H24N2O2. The highest BCUT2D eigenvalue weighted by molar-refractivity contribution is 5.76. The number of rotatable bonds is 5. The van der Waals surface area contributed by atoms with E-state index in [1.54, 1.807) is 14.2 Å². The number of hydrogen-bond acceptors (Lipinski definition) is 3. The van der Waals surface area contributed by atoms with Crippen molar-refractivity contribution < 1.29 is 9.53 Å². The lowest BCUT2D eigenvalue weighted by Crippen LogP contribution is -2.47. The van der Waals surface area contributed by atoms with E-state index < -0.39 is 0 Å². The Hall–Kier alpha value is -0.610. The summed E-state index contributed by atoms with van der Waals surface area (Å²) in [6, 6.07) is 0.610. The molecule has 0 aromatic carbocycles. The molecule has 16 heavy (non-hydrogen) atoms. The van der Waals surface area contributed by atoms with Crippen LogP contribution in [0.2, 0.25) is 0 Å². The van der Waals surface area contributed by atoms with E-state index in [4.69, 9.17) is 4.74 Å². The second-order valence-corrected chi connectivity index (χ2v) is 4.61. The zero-order valence-corrected chi connectivity index (χ0v) is 10.6. The summed E-state index contributed by atoms with van der Waals surface area (Å²) in [6.45, 7) is 2.05. The maximum Gasteiger partial charge on any atom is 0.221 e. The van der Waals surface area contributed by atoms with Gasteiger partial charge in [0.1, 0.15) is 0 Å². The summed E-state index contributed by atoms with van der Waals surface area (Å²) in [7, 11) is 3.45. The Balaban J connectivity index is 2.35. The third-order valence-corrected chi connectivity index (χ3v) is 3.27.